The molecule has 272 valence electrons. The molecule has 5 fully saturated rings. The van der Waals surface area contributed by atoms with Crippen LogP contribution >= 0.6 is 0 Å². The highest BCUT2D eigenvalue weighted by atomic mass is 16.6. The number of likely N-dealkylation sites (tertiary alicyclic amines) is 1. The van der Waals surface area contributed by atoms with E-state index in [0.29, 0.717) is 24.2 Å². The number of nitrogens with two attached hydrogens (primary N) is 1. The SMILES string of the molecule is Cc1c(OCCN2CCOCC2)ccc2c(OC3C[C@@H](C(N)=O)N(C(=O)[C@@H](NC(=O)O[C@@H]4C[C@@H]5CC5(C)C4)C(C)(C)C)C3)cc(C3CC3)nc12. The number of hydrogen-bond donors (Lipinski definition) is 2. The molecule has 3 saturated carbocycles. The monoisotopic (exact) mass is 691 g/mol. The molecule has 0 spiro atoms. The predicted molar refractivity (Wildman–Crippen MR) is 187 cm³/mol. The van der Waals surface area contributed by atoms with Crippen LogP contribution in [0.2, 0.25) is 0 Å². The fourth-order valence-electron chi connectivity index (χ4n) is 8.18. The highest BCUT2D eigenvalue weighted by molar-refractivity contribution is 5.92. The average molecular weight is 692 g/mol. The molecule has 12 nitrogen and oxygen atoms in total. The molecule has 3 aliphatic carbocycles. The summed E-state index contributed by atoms with van der Waals surface area (Å²) in [5.41, 5.74) is 8.26. The molecule has 2 unspecified atom stereocenters. The molecule has 3 heterocycles. The number of carbonyl (C=O) groups excluding carboxylic acids is 3. The van der Waals surface area contributed by atoms with Gasteiger partial charge in [-0.2, -0.15) is 0 Å². The number of benzene rings is 1. The summed E-state index contributed by atoms with van der Waals surface area (Å²) < 4.78 is 24.1. The van der Waals surface area contributed by atoms with Gasteiger partial charge in [-0.25, -0.2) is 4.79 Å². The van der Waals surface area contributed by atoms with E-state index in [2.05, 4.69) is 17.1 Å². The van der Waals surface area contributed by atoms with Crippen molar-refractivity contribution in [2.75, 3.05) is 46.0 Å². The number of pyridine rings is 1. The Balaban J connectivity index is 1.06. The summed E-state index contributed by atoms with van der Waals surface area (Å²) in [4.78, 5) is 48.9. The van der Waals surface area contributed by atoms with E-state index in [-0.39, 0.29) is 30.4 Å². The van der Waals surface area contributed by atoms with Crippen LogP contribution in [0, 0.1) is 23.7 Å². The zero-order chi connectivity index (χ0) is 35.4. The molecule has 2 aromatic rings. The Morgan fingerprint density at radius 3 is 2.52 bits per heavy atom. The average Bonchev–Trinajstić information content (AvgIpc) is 3.94. The van der Waals surface area contributed by atoms with Crippen LogP contribution < -0.4 is 20.5 Å². The lowest BCUT2D eigenvalue weighted by molar-refractivity contribution is -0.141. The van der Waals surface area contributed by atoms with Gasteiger partial charge in [0.1, 0.15) is 42.4 Å². The Morgan fingerprint density at radius 2 is 1.86 bits per heavy atom. The standard InChI is InChI=1S/C38H53N5O7/c1-22-30(48-15-12-42-10-13-47-14-11-42)9-8-27-31(18-28(23-6-7-23)40-32(22)27)49-26-17-29(34(39)44)43(21-26)35(45)33(37(2,3)4)41-36(46)50-25-16-24-19-38(24,5)20-25/h8-9,18,23-26,29,33H,6-7,10-17,19-21H2,1-5H3,(H2,39,44)(H,41,46)/t24-,25-,26?,29+,33-,38?/m1/s1. The maximum absolute atomic E-state index is 14.2. The van der Waals surface area contributed by atoms with Crippen LogP contribution in [0.25, 0.3) is 10.9 Å². The smallest absolute Gasteiger partial charge is 0.408 e. The van der Waals surface area contributed by atoms with Crippen LogP contribution in [0.5, 0.6) is 11.5 Å². The lowest BCUT2D eigenvalue weighted by atomic mass is 9.85. The molecule has 7 rings (SSSR count). The molecule has 0 radical (unpaired) electrons. The molecule has 12 heteroatoms. The van der Waals surface area contributed by atoms with Crippen molar-refractivity contribution in [1.82, 2.24) is 20.1 Å². The van der Waals surface area contributed by atoms with Crippen molar-refractivity contribution < 1.29 is 33.3 Å². The largest absolute Gasteiger partial charge is 0.492 e. The topological polar surface area (TPSA) is 146 Å². The van der Waals surface area contributed by atoms with Crippen molar-refractivity contribution >= 4 is 28.8 Å². The first-order chi connectivity index (χ1) is 23.8. The van der Waals surface area contributed by atoms with E-state index in [1.165, 1.54) is 11.3 Å². The third-order valence-electron chi connectivity index (χ3n) is 11.5. The molecule has 50 heavy (non-hydrogen) atoms. The second-order valence-corrected chi connectivity index (χ2v) is 16.6. The number of hydrogen-bond acceptors (Lipinski definition) is 9. The molecule has 0 bridgehead atoms. The van der Waals surface area contributed by atoms with Crippen molar-refractivity contribution in [3.8, 4) is 11.5 Å². The Morgan fingerprint density at radius 1 is 1.10 bits per heavy atom. The Labute approximate surface area is 294 Å². The molecule has 3 N–H and O–H groups in total. The molecule has 3 amide bonds. The number of amides is 3. The van der Waals surface area contributed by atoms with Crippen molar-refractivity contribution in [2.24, 2.45) is 22.5 Å². The number of nitrogens with one attached hydrogen (secondary N) is 1. The van der Waals surface area contributed by atoms with Gasteiger partial charge in [0.15, 0.2) is 0 Å². The predicted octanol–water partition coefficient (Wildman–Crippen LogP) is 4.29. The van der Waals surface area contributed by atoms with E-state index in [1.807, 2.05) is 45.9 Å². The first-order valence-corrected chi connectivity index (χ1v) is 18.4. The third kappa shape index (κ3) is 7.37. The van der Waals surface area contributed by atoms with Crippen LogP contribution in [-0.2, 0) is 19.1 Å². The summed E-state index contributed by atoms with van der Waals surface area (Å²) in [6.45, 7) is 14.8. The van der Waals surface area contributed by atoms with Crippen LogP contribution in [0.1, 0.15) is 83.4 Å². The molecular weight excluding hydrogens is 638 g/mol. The lowest BCUT2D eigenvalue weighted by Gasteiger charge is -2.35. The zero-order valence-electron chi connectivity index (χ0n) is 30.2. The Hall–Kier alpha value is -3.64. The van der Waals surface area contributed by atoms with E-state index in [1.54, 1.807) is 0 Å². The number of primary amides is 1. The van der Waals surface area contributed by atoms with Crippen LogP contribution in [0.3, 0.4) is 0 Å². The summed E-state index contributed by atoms with van der Waals surface area (Å²) in [7, 11) is 0. The lowest BCUT2D eigenvalue weighted by Crippen LogP contribution is -2.57. The quantitative estimate of drug-likeness (QED) is 0.353. The highest BCUT2D eigenvalue weighted by Crippen LogP contribution is 2.63. The molecule has 2 aliphatic heterocycles. The van der Waals surface area contributed by atoms with Crippen LogP contribution in [0.15, 0.2) is 18.2 Å². The summed E-state index contributed by atoms with van der Waals surface area (Å²) in [6, 6.07) is 4.15. The minimum atomic E-state index is -0.922. The number of morpholine rings is 1. The molecule has 6 atom stereocenters. The highest BCUT2D eigenvalue weighted by Gasteiger charge is 2.57. The van der Waals surface area contributed by atoms with Gasteiger partial charge in [0.05, 0.1) is 25.3 Å². The number of aromatic nitrogens is 1. The maximum Gasteiger partial charge on any atom is 0.408 e. The van der Waals surface area contributed by atoms with Gasteiger partial charge in [0, 0.05) is 54.7 Å². The molecular formula is C38H53N5O7. The van der Waals surface area contributed by atoms with E-state index >= 15 is 0 Å². The minimum absolute atomic E-state index is 0.144. The van der Waals surface area contributed by atoms with Crippen molar-refractivity contribution in [2.45, 2.75) is 103 Å². The van der Waals surface area contributed by atoms with Gasteiger partial charge in [-0.05, 0) is 67.9 Å². The number of ether oxygens (including phenoxy) is 4. The summed E-state index contributed by atoms with van der Waals surface area (Å²) in [6.07, 6.45) is 4.06. The number of aryl methyl sites for hydroxylation is 1. The van der Waals surface area contributed by atoms with Gasteiger partial charge in [0.2, 0.25) is 11.8 Å². The van der Waals surface area contributed by atoms with E-state index < -0.39 is 35.6 Å². The van der Waals surface area contributed by atoms with Crippen molar-refractivity contribution in [3.05, 3.63) is 29.5 Å². The molecule has 5 aliphatic rings. The second-order valence-electron chi connectivity index (χ2n) is 16.6. The van der Waals surface area contributed by atoms with Crippen LogP contribution in [0.4, 0.5) is 4.79 Å². The minimum Gasteiger partial charge on any atom is -0.492 e. The van der Waals surface area contributed by atoms with E-state index in [4.69, 9.17) is 29.7 Å². The number of nitrogens with zero attached hydrogens (tertiary/aromatic N) is 3. The number of fused-ring (bicyclic) bond motifs is 2. The van der Waals surface area contributed by atoms with Crippen molar-refractivity contribution in [3.63, 3.8) is 0 Å². The Bertz CT molecular complexity index is 1630. The first-order valence-electron chi connectivity index (χ1n) is 18.4. The van der Waals surface area contributed by atoms with E-state index in [9.17, 15) is 14.4 Å². The van der Waals surface area contributed by atoms with Gasteiger partial charge < -0.3 is 34.9 Å². The summed E-state index contributed by atoms with van der Waals surface area (Å²) in [5, 5.41) is 3.70. The van der Waals surface area contributed by atoms with E-state index in [0.717, 1.165) is 86.4 Å². The normalized spacial score (nSPS) is 28.6. The third-order valence-corrected chi connectivity index (χ3v) is 11.5. The van der Waals surface area contributed by atoms with Crippen LogP contribution in [-0.4, -0.2) is 103 Å². The molecule has 1 aromatic heterocycles. The second kappa shape index (κ2) is 13.5. The number of carbonyl (C=O) groups is 3. The summed E-state index contributed by atoms with van der Waals surface area (Å²) in [5.74, 6) is 1.47. The van der Waals surface area contributed by atoms with Gasteiger partial charge in [-0.3, -0.25) is 19.5 Å². The number of rotatable bonds is 11. The first kappa shape index (κ1) is 34.8. The molecule has 2 saturated heterocycles. The Kier molecular flexibility index (Phi) is 9.38. The fraction of sp³-hybridized carbons (Fsp3) is 0.684. The van der Waals surface area contributed by atoms with Gasteiger partial charge >= 0.3 is 6.09 Å². The van der Waals surface area contributed by atoms with Crippen molar-refractivity contribution in [1.29, 1.82) is 0 Å². The van der Waals surface area contributed by atoms with Gasteiger partial charge in [-0.1, -0.05) is 27.7 Å². The van der Waals surface area contributed by atoms with Gasteiger partial charge in [0.25, 0.3) is 0 Å². The summed E-state index contributed by atoms with van der Waals surface area (Å²) >= 11 is 0. The maximum atomic E-state index is 14.2. The molecule has 1 aromatic carbocycles. The fourth-order valence-corrected chi connectivity index (χ4v) is 8.18. The van der Waals surface area contributed by atoms with Gasteiger partial charge in [-0.15, -0.1) is 0 Å². The zero-order valence-corrected chi connectivity index (χ0v) is 30.2. The number of alkyl carbamates (subject to hydrolysis) is 1.